The summed E-state index contributed by atoms with van der Waals surface area (Å²) in [7, 11) is 1.45. The van der Waals surface area contributed by atoms with Gasteiger partial charge >= 0.3 is 6.18 Å². The number of nitrogens with zero attached hydrogens (tertiary/aromatic N) is 1. The number of halogens is 3. The van der Waals surface area contributed by atoms with Crippen molar-refractivity contribution in [2.45, 2.75) is 26.1 Å². The Balaban J connectivity index is 3.09. The van der Waals surface area contributed by atoms with Crippen LogP contribution in [0.1, 0.15) is 13.8 Å². The quantitative estimate of drug-likeness (QED) is 0.847. The number of ether oxygens (including phenoxy) is 1. The lowest BCUT2D eigenvalue weighted by atomic mass is 10.2. The molecule has 2 N–H and O–H groups in total. The zero-order chi connectivity index (χ0) is 13.9. The van der Waals surface area contributed by atoms with Crippen molar-refractivity contribution < 1.29 is 17.9 Å². The van der Waals surface area contributed by atoms with Crippen LogP contribution in [0.5, 0.6) is 5.75 Å². The predicted molar refractivity (Wildman–Crippen MR) is 65.9 cm³/mol. The van der Waals surface area contributed by atoms with E-state index in [9.17, 15) is 13.2 Å². The Hall–Kier alpha value is -1.59. The average Bonchev–Trinajstić information content (AvgIpc) is 2.23. The largest absolute Gasteiger partial charge is 0.497 e. The fourth-order valence-electron chi connectivity index (χ4n) is 1.65. The molecule has 0 unspecified atom stereocenters. The molecule has 0 atom stereocenters. The van der Waals surface area contributed by atoms with Crippen molar-refractivity contribution in [2.24, 2.45) is 0 Å². The minimum atomic E-state index is -4.26. The van der Waals surface area contributed by atoms with E-state index in [1.54, 1.807) is 26.0 Å². The van der Waals surface area contributed by atoms with Gasteiger partial charge in [0.1, 0.15) is 12.3 Å². The van der Waals surface area contributed by atoms with Crippen molar-refractivity contribution in [3.63, 3.8) is 0 Å². The van der Waals surface area contributed by atoms with Gasteiger partial charge in [-0.05, 0) is 19.9 Å². The van der Waals surface area contributed by atoms with Crippen molar-refractivity contribution in [3.05, 3.63) is 18.2 Å². The van der Waals surface area contributed by atoms with Crippen LogP contribution >= 0.6 is 0 Å². The van der Waals surface area contributed by atoms with Gasteiger partial charge < -0.3 is 15.4 Å². The molecule has 0 bridgehead atoms. The fraction of sp³-hybridized carbons (Fsp3) is 0.500. The van der Waals surface area contributed by atoms with Crippen LogP contribution in [-0.4, -0.2) is 25.9 Å². The highest BCUT2D eigenvalue weighted by atomic mass is 19.4. The third-order valence-electron chi connectivity index (χ3n) is 2.45. The molecule has 0 saturated carbocycles. The van der Waals surface area contributed by atoms with E-state index in [1.165, 1.54) is 18.1 Å². The maximum atomic E-state index is 12.5. The molecule has 18 heavy (non-hydrogen) atoms. The van der Waals surface area contributed by atoms with Gasteiger partial charge in [0.05, 0.1) is 7.11 Å². The summed E-state index contributed by atoms with van der Waals surface area (Å²) >= 11 is 0. The maximum absolute atomic E-state index is 12.5. The molecule has 0 amide bonds. The number of benzene rings is 1. The summed E-state index contributed by atoms with van der Waals surface area (Å²) in [5.74, 6) is 0.442. The number of hydrogen-bond acceptors (Lipinski definition) is 3. The molecule has 102 valence electrons. The lowest BCUT2D eigenvalue weighted by Gasteiger charge is -2.30. The molecule has 3 nitrogen and oxygen atoms in total. The highest BCUT2D eigenvalue weighted by Gasteiger charge is 2.32. The monoisotopic (exact) mass is 262 g/mol. The minimum absolute atomic E-state index is 0.293. The SMILES string of the molecule is COc1cc(N)cc(N(CC(F)(F)F)C(C)C)c1. The highest BCUT2D eigenvalue weighted by molar-refractivity contribution is 5.61. The first kappa shape index (κ1) is 14.5. The molecule has 0 fully saturated rings. The summed E-state index contributed by atoms with van der Waals surface area (Å²) in [6.07, 6.45) is -4.26. The fourth-order valence-corrected chi connectivity index (χ4v) is 1.65. The van der Waals surface area contributed by atoms with Crippen molar-refractivity contribution in [1.29, 1.82) is 0 Å². The molecular weight excluding hydrogens is 245 g/mol. The van der Waals surface area contributed by atoms with Crippen LogP contribution in [0.2, 0.25) is 0 Å². The second-order valence-electron chi connectivity index (χ2n) is 4.30. The number of hydrogen-bond donors (Lipinski definition) is 1. The normalized spacial score (nSPS) is 11.7. The van der Waals surface area contributed by atoms with Crippen molar-refractivity contribution in [2.75, 3.05) is 24.3 Å². The van der Waals surface area contributed by atoms with E-state index >= 15 is 0 Å². The molecular formula is C12H17F3N2O. The number of nitrogen functional groups attached to an aromatic ring is 1. The molecule has 6 heteroatoms. The van der Waals surface area contributed by atoms with E-state index < -0.39 is 12.7 Å². The molecule has 1 aromatic rings. The van der Waals surface area contributed by atoms with Gasteiger partial charge in [-0.25, -0.2) is 0 Å². The first-order chi connectivity index (χ1) is 8.23. The Labute approximate surface area is 104 Å². The van der Waals surface area contributed by atoms with Crippen LogP contribution in [0, 0.1) is 0 Å². The lowest BCUT2D eigenvalue weighted by molar-refractivity contribution is -0.120. The second kappa shape index (κ2) is 5.37. The van der Waals surface area contributed by atoms with Gasteiger partial charge in [0.25, 0.3) is 0 Å². The summed E-state index contributed by atoms with van der Waals surface area (Å²) in [4.78, 5) is 1.24. The van der Waals surface area contributed by atoms with Gasteiger partial charge in [0.15, 0.2) is 0 Å². The van der Waals surface area contributed by atoms with E-state index in [-0.39, 0.29) is 6.04 Å². The van der Waals surface area contributed by atoms with E-state index in [2.05, 4.69) is 0 Å². The molecule has 0 aromatic heterocycles. The van der Waals surface area contributed by atoms with Crippen LogP contribution in [-0.2, 0) is 0 Å². The Morgan fingerprint density at radius 1 is 1.28 bits per heavy atom. The highest BCUT2D eigenvalue weighted by Crippen LogP contribution is 2.29. The smallest absolute Gasteiger partial charge is 0.405 e. The molecule has 1 rings (SSSR count). The van der Waals surface area contributed by atoms with Gasteiger partial charge in [-0.3, -0.25) is 0 Å². The Morgan fingerprint density at radius 2 is 1.89 bits per heavy atom. The van der Waals surface area contributed by atoms with Gasteiger partial charge in [0.2, 0.25) is 0 Å². The van der Waals surface area contributed by atoms with E-state index in [4.69, 9.17) is 10.5 Å². The van der Waals surface area contributed by atoms with Crippen LogP contribution in [0.3, 0.4) is 0 Å². The van der Waals surface area contributed by atoms with E-state index in [1.807, 2.05) is 0 Å². The van der Waals surface area contributed by atoms with Crippen molar-refractivity contribution in [3.8, 4) is 5.75 Å². The molecule has 1 aromatic carbocycles. The van der Waals surface area contributed by atoms with E-state index in [0.717, 1.165) is 0 Å². The van der Waals surface area contributed by atoms with Gasteiger partial charge in [0, 0.05) is 29.5 Å². The summed E-state index contributed by atoms with van der Waals surface area (Å²) in [6, 6.07) is 4.32. The van der Waals surface area contributed by atoms with Crippen LogP contribution in [0.25, 0.3) is 0 Å². The summed E-state index contributed by atoms with van der Waals surface area (Å²) < 4.78 is 42.6. The summed E-state index contributed by atoms with van der Waals surface area (Å²) in [5.41, 5.74) is 6.42. The van der Waals surface area contributed by atoms with Crippen molar-refractivity contribution in [1.82, 2.24) is 0 Å². The first-order valence-corrected chi connectivity index (χ1v) is 5.51. The molecule has 0 aliphatic carbocycles. The third kappa shape index (κ3) is 4.01. The average molecular weight is 262 g/mol. The third-order valence-corrected chi connectivity index (χ3v) is 2.45. The summed E-state index contributed by atoms with van der Waals surface area (Å²) in [6.45, 7) is 2.38. The molecule has 0 aliphatic heterocycles. The minimum Gasteiger partial charge on any atom is -0.497 e. The Morgan fingerprint density at radius 3 is 2.33 bits per heavy atom. The maximum Gasteiger partial charge on any atom is 0.405 e. The molecule has 0 radical (unpaired) electrons. The van der Waals surface area contributed by atoms with Crippen molar-refractivity contribution >= 4 is 11.4 Å². The van der Waals surface area contributed by atoms with E-state index in [0.29, 0.717) is 17.1 Å². The Bertz CT molecular complexity index is 405. The zero-order valence-electron chi connectivity index (χ0n) is 10.6. The molecule has 0 heterocycles. The number of alkyl halides is 3. The lowest BCUT2D eigenvalue weighted by Crippen LogP contribution is -2.39. The molecule has 0 spiro atoms. The number of nitrogens with two attached hydrogens (primary N) is 1. The van der Waals surface area contributed by atoms with Crippen LogP contribution in [0.4, 0.5) is 24.5 Å². The van der Waals surface area contributed by atoms with Gasteiger partial charge in [-0.1, -0.05) is 0 Å². The standard InChI is InChI=1S/C12H17F3N2O/c1-8(2)17(7-12(13,14)15)10-4-9(16)5-11(6-10)18-3/h4-6,8H,7,16H2,1-3H3. The molecule has 0 aliphatic rings. The first-order valence-electron chi connectivity index (χ1n) is 5.51. The van der Waals surface area contributed by atoms with Gasteiger partial charge in [-0.15, -0.1) is 0 Å². The number of rotatable bonds is 4. The zero-order valence-corrected chi connectivity index (χ0v) is 10.6. The Kier molecular flexibility index (Phi) is 4.32. The molecule has 0 saturated heterocycles. The topological polar surface area (TPSA) is 38.5 Å². The van der Waals surface area contributed by atoms with Crippen LogP contribution < -0.4 is 15.4 Å². The predicted octanol–water partition coefficient (Wildman–Crippen LogP) is 3.05. The second-order valence-corrected chi connectivity index (χ2v) is 4.30. The number of methoxy groups -OCH3 is 1. The van der Waals surface area contributed by atoms with Crippen LogP contribution in [0.15, 0.2) is 18.2 Å². The van der Waals surface area contributed by atoms with Gasteiger partial charge in [-0.2, -0.15) is 13.2 Å². The number of anilines is 2. The summed E-state index contributed by atoms with van der Waals surface area (Å²) in [5, 5.41) is 0.